The molecule has 2 aromatic heterocycles. The van der Waals surface area contributed by atoms with Gasteiger partial charge in [0.2, 0.25) is 21.8 Å². The van der Waals surface area contributed by atoms with E-state index in [0.29, 0.717) is 78.0 Å². The molecule has 5 aromatic rings. The summed E-state index contributed by atoms with van der Waals surface area (Å²) in [5, 5.41) is 27.6. The Labute approximate surface area is 393 Å². The smallest absolute Gasteiger partial charge is 0.349 e. The second kappa shape index (κ2) is 18.1. The summed E-state index contributed by atoms with van der Waals surface area (Å²) >= 11 is 7.42. The van der Waals surface area contributed by atoms with Gasteiger partial charge < -0.3 is 30.5 Å². The summed E-state index contributed by atoms with van der Waals surface area (Å²) in [4.78, 5) is 76.1. The Kier molecular flexibility index (Phi) is 12.4. The van der Waals surface area contributed by atoms with Gasteiger partial charge in [-0.05, 0) is 104 Å². The van der Waals surface area contributed by atoms with Gasteiger partial charge in [-0.2, -0.15) is 4.31 Å². The molecule has 1 unspecified atom stereocenters. The van der Waals surface area contributed by atoms with E-state index in [-0.39, 0.29) is 63.8 Å². The third-order valence-corrected chi connectivity index (χ3v) is 16.9. The topological polar surface area (TPSA) is 239 Å². The number of rotatable bonds is 13. The lowest BCUT2D eigenvalue weighted by atomic mass is 9.89. The SMILES string of the molecule is Cn1c(=O)n(C2CCC(=O)NC2=O)c2ccc(C3CCN(C(=O)Nc4cccc(CS(=O)(=O)N5CC[C@H](Nc6cccc(-c7sc(C(=O)O)c(OCC(=O)O)c7Cl)c6)CC56CC6)c4)CC3)cc21. The van der Waals surface area contributed by atoms with Crippen molar-refractivity contribution in [2.45, 2.75) is 80.7 Å². The van der Waals surface area contributed by atoms with Gasteiger partial charge in [0, 0.05) is 56.1 Å². The molecule has 18 nitrogen and oxygen atoms in total. The van der Waals surface area contributed by atoms with Crippen molar-refractivity contribution in [2.24, 2.45) is 7.05 Å². The predicted molar refractivity (Wildman–Crippen MR) is 250 cm³/mol. The Morgan fingerprint density at radius 3 is 2.39 bits per heavy atom. The Hall–Kier alpha value is -6.22. The number of ether oxygens (including phenoxy) is 1. The van der Waals surface area contributed by atoms with Gasteiger partial charge in [0.1, 0.15) is 11.1 Å². The highest BCUT2D eigenvalue weighted by Crippen LogP contribution is 2.51. The Bertz CT molecular complexity index is 3010. The van der Waals surface area contributed by atoms with Crippen molar-refractivity contribution >= 4 is 85.2 Å². The van der Waals surface area contributed by atoms with E-state index in [0.717, 1.165) is 35.4 Å². The Morgan fingerprint density at radius 2 is 1.67 bits per heavy atom. The number of sulfonamides is 1. The number of aromatic carboxylic acids is 1. The normalized spacial score (nSPS) is 19.9. The number of piperidine rings is 3. The van der Waals surface area contributed by atoms with Gasteiger partial charge >= 0.3 is 23.7 Å². The van der Waals surface area contributed by atoms with Crippen LogP contribution < -0.4 is 26.4 Å². The molecule has 4 amide bonds. The molecule has 1 saturated carbocycles. The maximum Gasteiger partial charge on any atom is 0.349 e. The number of aromatic nitrogens is 2. The van der Waals surface area contributed by atoms with Crippen LogP contribution in [-0.2, 0) is 37.2 Å². The standard InChI is InChI=1S/C46H48ClN7O11S2/c1-51-35-22-28(8-9-33(35)54(45(51)62)34-10-11-36(55)50-42(34)58)27-12-17-52(18-13-27)44(61)49-30-6-2-4-26(20-30)25-67(63,64)53-19-14-32(23-46(53)15-16-46)48-31-7-3-5-29(21-31)40-38(47)39(65-24-37(56)57)41(66-40)43(59)60/h2-9,20-22,27,32,34,48H,10-19,23-25H2,1H3,(H,49,61)(H,56,57)(H,59,60)(H,50,55,58)/t32-,34?/m0/s1. The third-order valence-electron chi connectivity index (χ3n) is 13.3. The van der Waals surface area contributed by atoms with E-state index in [1.165, 1.54) is 9.13 Å². The molecule has 5 N–H and O–H groups in total. The lowest BCUT2D eigenvalue weighted by Crippen LogP contribution is -2.51. The summed E-state index contributed by atoms with van der Waals surface area (Å²) < 4.78 is 38.0. The van der Waals surface area contributed by atoms with E-state index in [2.05, 4.69) is 16.0 Å². The van der Waals surface area contributed by atoms with E-state index < -0.39 is 46.1 Å². The molecule has 0 radical (unpaired) electrons. The summed E-state index contributed by atoms with van der Waals surface area (Å²) in [5.74, 6) is -3.69. The monoisotopic (exact) mass is 973 g/mol. The first kappa shape index (κ1) is 45.9. The first-order valence-corrected chi connectivity index (χ1v) is 24.8. The zero-order chi connectivity index (χ0) is 47.4. The predicted octanol–water partition coefficient (Wildman–Crippen LogP) is 6.21. The molecule has 2 atom stereocenters. The highest BCUT2D eigenvalue weighted by Gasteiger charge is 2.55. The van der Waals surface area contributed by atoms with Crippen LogP contribution in [0.2, 0.25) is 5.02 Å². The van der Waals surface area contributed by atoms with Gasteiger partial charge in [-0.1, -0.05) is 41.9 Å². The van der Waals surface area contributed by atoms with Crippen LogP contribution in [0.15, 0.2) is 71.5 Å². The van der Waals surface area contributed by atoms with Crippen LogP contribution in [-0.4, -0.2) is 105 Å². The van der Waals surface area contributed by atoms with Crippen LogP contribution in [0.4, 0.5) is 16.2 Å². The number of fused-ring (bicyclic) bond motifs is 1. The fourth-order valence-corrected chi connectivity index (χ4v) is 13.2. The number of imide groups is 1. The number of nitrogens with one attached hydrogen (secondary N) is 3. The summed E-state index contributed by atoms with van der Waals surface area (Å²) in [7, 11) is -2.08. The molecule has 9 rings (SSSR count). The number of benzene rings is 3. The van der Waals surface area contributed by atoms with Crippen molar-refractivity contribution in [3.05, 3.63) is 98.2 Å². The van der Waals surface area contributed by atoms with Gasteiger partial charge in [0.25, 0.3) is 0 Å². The fraction of sp³-hybridized carbons (Fsp3) is 0.391. The van der Waals surface area contributed by atoms with Crippen LogP contribution in [0, 0.1) is 0 Å². The number of halogens is 1. The number of carboxylic acids is 2. The Balaban J connectivity index is 0.794. The number of amides is 4. The van der Waals surface area contributed by atoms with Gasteiger partial charge in [-0.25, -0.2) is 27.6 Å². The van der Waals surface area contributed by atoms with Gasteiger partial charge in [-0.3, -0.25) is 24.0 Å². The quantitative estimate of drug-likeness (QED) is 0.0828. The first-order chi connectivity index (χ1) is 32.0. The van der Waals surface area contributed by atoms with E-state index in [4.69, 9.17) is 21.4 Å². The zero-order valence-corrected chi connectivity index (χ0v) is 38.7. The second-order valence-electron chi connectivity index (χ2n) is 17.7. The molecule has 5 heterocycles. The molecular weight excluding hydrogens is 926 g/mol. The van der Waals surface area contributed by atoms with Crippen molar-refractivity contribution < 1.29 is 47.3 Å². The number of thiophene rings is 1. The van der Waals surface area contributed by atoms with Crippen molar-refractivity contribution in [1.29, 1.82) is 0 Å². The molecule has 21 heteroatoms. The maximum absolute atomic E-state index is 14.1. The molecule has 67 heavy (non-hydrogen) atoms. The minimum Gasteiger partial charge on any atom is -0.479 e. The number of carboxylic acid groups (broad SMARTS) is 2. The number of carbonyl (C=O) groups excluding carboxylic acids is 3. The fourth-order valence-electron chi connectivity index (χ4n) is 9.81. The minimum absolute atomic E-state index is 0.00655. The molecule has 3 aromatic carbocycles. The van der Waals surface area contributed by atoms with Gasteiger partial charge in [0.15, 0.2) is 17.2 Å². The molecular formula is C46H48ClN7O11S2. The van der Waals surface area contributed by atoms with E-state index in [9.17, 15) is 42.3 Å². The molecule has 1 aliphatic carbocycles. The van der Waals surface area contributed by atoms with Crippen molar-refractivity contribution in [2.75, 3.05) is 36.9 Å². The van der Waals surface area contributed by atoms with Crippen LogP contribution in [0.1, 0.15) is 84.1 Å². The zero-order valence-electron chi connectivity index (χ0n) is 36.3. The lowest BCUT2D eigenvalue weighted by Gasteiger charge is -2.39. The molecule has 3 aliphatic heterocycles. The third kappa shape index (κ3) is 9.26. The lowest BCUT2D eigenvalue weighted by molar-refractivity contribution is -0.139. The molecule has 3 saturated heterocycles. The van der Waals surface area contributed by atoms with Crippen LogP contribution in [0.25, 0.3) is 21.5 Å². The summed E-state index contributed by atoms with van der Waals surface area (Å²) in [6, 6.07) is 18.8. The number of urea groups is 1. The number of aryl methyl sites for hydroxylation is 1. The van der Waals surface area contributed by atoms with Crippen molar-refractivity contribution in [3.63, 3.8) is 0 Å². The van der Waals surface area contributed by atoms with E-state index >= 15 is 0 Å². The Morgan fingerprint density at radius 1 is 0.925 bits per heavy atom. The van der Waals surface area contributed by atoms with E-state index in [1.54, 1.807) is 52.7 Å². The van der Waals surface area contributed by atoms with Crippen LogP contribution in [0.5, 0.6) is 5.75 Å². The molecule has 4 fully saturated rings. The van der Waals surface area contributed by atoms with Crippen molar-refractivity contribution in [1.82, 2.24) is 23.7 Å². The average molecular weight is 975 g/mol. The number of hydrogen-bond acceptors (Lipinski definition) is 11. The summed E-state index contributed by atoms with van der Waals surface area (Å²) in [5.41, 5.74) is 3.88. The van der Waals surface area contributed by atoms with Crippen LogP contribution >= 0.6 is 22.9 Å². The maximum atomic E-state index is 14.1. The number of anilines is 2. The number of likely N-dealkylation sites (tertiary alicyclic amines) is 1. The number of hydrogen-bond donors (Lipinski definition) is 5. The highest BCUT2D eigenvalue weighted by atomic mass is 35.5. The highest BCUT2D eigenvalue weighted by molar-refractivity contribution is 7.88. The molecule has 352 valence electrons. The molecule has 1 spiro atoms. The molecule has 0 bridgehead atoms. The number of nitrogens with zero attached hydrogens (tertiary/aromatic N) is 4. The number of carbonyl (C=O) groups is 5. The van der Waals surface area contributed by atoms with Gasteiger partial charge in [-0.15, -0.1) is 11.3 Å². The number of aliphatic carboxylic acids is 1. The summed E-state index contributed by atoms with van der Waals surface area (Å²) in [6.45, 7) is 0.542. The average Bonchev–Trinajstić information content (AvgIpc) is 3.88. The van der Waals surface area contributed by atoms with E-state index in [1.807, 2.05) is 30.3 Å². The minimum atomic E-state index is -3.75. The van der Waals surface area contributed by atoms with Crippen molar-refractivity contribution in [3.8, 4) is 16.2 Å². The largest absolute Gasteiger partial charge is 0.479 e. The van der Waals surface area contributed by atoms with Gasteiger partial charge in [0.05, 0.1) is 21.7 Å². The molecule has 4 aliphatic rings. The first-order valence-electron chi connectivity index (χ1n) is 22.0. The summed E-state index contributed by atoms with van der Waals surface area (Å²) in [6.07, 6.45) is 4.38. The van der Waals surface area contributed by atoms with Crippen LogP contribution in [0.3, 0.4) is 0 Å². The second-order valence-corrected chi connectivity index (χ2v) is 21.0. The number of imidazole rings is 1.